The molecule has 4 rings (SSSR count). The SMILES string of the molecule is Cc1ccc(SC2=C(Nc3ccc(Cl)c(Cl)c3)C(=O)N(c3cc(C)ccc3C)C2=O)cc1. The van der Waals surface area contributed by atoms with Gasteiger partial charge >= 0.3 is 0 Å². The van der Waals surface area contributed by atoms with Crippen molar-refractivity contribution in [3.8, 4) is 0 Å². The number of nitrogens with one attached hydrogen (secondary N) is 1. The van der Waals surface area contributed by atoms with Crippen molar-refractivity contribution in [2.45, 2.75) is 25.7 Å². The number of anilines is 2. The lowest BCUT2D eigenvalue weighted by Crippen LogP contribution is -2.33. The van der Waals surface area contributed by atoms with E-state index in [1.54, 1.807) is 18.2 Å². The number of hydrogen-bond donors (Lipinski definition) is 1. The summed E-state index contributed by atoms with van der Waals surface area (Å²) >= 11 is 13.4. The Balaban J connectivity index is 1.78. The lowest BCUT2D eigenvalue weighted by Gasteiger charge is -2.18. The number of carbonyl (C=O) groups excluding carboxylic acids is 2. The number of rotatable bonds is 5. The predicted octanol–water partition coefficient (Wildman–Crippen LogP) is 6.91. The van der Waals surface area contributed by atoms with Gasteiger partial charge in [0.25, 0.3) is 11.8 Å². The Morgan fingerprint density at radius 2 is 1.47 bits per heavy atom. The first-order valence-corrected chi connectivity index (χ1v) is 11.5. The molecule has 4 nitrogen and oxygen atoms in total. The standard InChI is InChI=1S/C25H20Cl2N2O2S/c1-14-5-9-18(10-6-14)32-23-22(28-17-8-11-19(26)20(27)13-17)24(30)29(25(23)31)21-12-15(2)4-7-16(21)3/h4-13,28H,1-3H3. The molecule has 32 heavy (non-hydrogen) atoms. The largest absolute Gasteiger partial charge is 0.350 e. The lowest BCUT2D eigenvalue weighted by atomic mass is 10.1. The van der Waals surface area contributed by atoms with Crippen LogP contribution in [0, 0.1) is 20.8 Å². The molecule has 2 amide bonds. The Labute approximate surface area is 201 Å². The molecule has 3 aromatic rings. The summed E-state index contributed by atoms with van der Waals surface area (Å²) in [6, 6.07) is 18.5. The van der Waals surface area contributed by atoms with Crippen LogP contribution in [0.15, 0.2) is 76.2 Å². The number of thioether (sulfide) groups is 1. The van der Waals surface area contributed by atoms with Gasteiger partial charge in [-0.2, -0.15) is 0 Å². The zero-order valence-electron chi connectivity index (χ0n) is 17.7. The van der Waals surface area contributed by atoms with E-state index in [-0.39, 0.29) is 11.6 Å². The lowest BCUT2D eigenvalue weighted by molar-refractivity contribution is -0.120. The molecule has 1 heterocycles. The minimum atomic E-state index is -0.413. The van der Waals surface area contributed by atoms with Crippen molar-refractivity contribution in [2.24, 2.45) is 0 Å². The van der Waals surface area contributed by atoms with E-state index in [0.717, 1.165) is 21.6 Å². The van der Waals surface area contributed by atoms with Gasteiger partial charge in [0.15, 0.2) is 0 Å². The normalized spacial score (nSPS) is 13.8. The molecule has 0 saturated heterocycles. The molecule has 0 fully saturated rings. The summed E-state index contributed by atoms with van der Waals surface area (Å²) in [4.78, 5) is 29.4. The molecule has 0 radical (unpaired) electrons. The topological polar surface area (TPSA) is 49.4 Å². The van der Waals surface area contributed by atoms with Crippen molar-refractivity contribution in [1.82, 2.24) is 0 Å². The number of aryl methyl sites for hydroxylation is 3. The fraction of sp³-hybridized carbons (Fsp3) is 0.120. The third-order valence-corrected chi connectivity index (χ3v) is 6.91. The van der Waals surface area contributed by atoms with Crippen LogP contribution in [0.4, 0.5) is 11.4 Å². The van der Waals surface area contributed by atoms with E-state index in [1.807, 2.05) is 63.2 Å². The fourth-order valence-corrected chi connectivity index (χ4v) is 4.56. The number of halogens is 2. The Morgan fingerprint density at radius 3 is 2.16 bits per heavy atom. The van der Waals surface area contributed by atoms with Gasteiger partial charge in [0, 0.05) is 10.6 Å². The maximum absolute atomic E-state index is 13.5. The van der Waals surface area contributed by atoms with Gasteiger partial charge in [-0.1, -0.05) is 64.8 Å². The van der Waals surface area contributed by atoms with Crippen LogP contribution in [-0.4, -0.2) is 11.8 Å². The summed E-state index contributed by atoms with van der Waals surface area (Å²) in [5, 5.41) is 3.87. The third-order valence-electron chi connectivity index (χ3n) is 5.08. The predicted molar refractivity (Wildman–Crippen MR) is 133 cm³/mol. The molecule has 1 aliphatic rings. The van der Waals surface area contributed by atoms with E-state index in [1.165, 1.54) is 16.7 Å². The van der Waals surface area contributed by atoms with Crippen LogP contribution in [0.5, 0.6) is 0 Å². The van der Waals surface area contributed by atoms with Gasteiger partial charge in [-0.3, -0.25) is 9.59 Å². The first-order valence-electron chi connectivity index (χ1n) is 9.91. The maximum Gasteiger partial charge on any atom is 0.283 e. The molecule has 0 aliphatic carbocycles. The summed E-state index contributed by atoms with van der Waals surface area (Å²) in [7, 11) is 0. The first kappa shape index (κ1) is 22.5. The Morgan fingerprint density at radius 1 is 0.781 bits per heavy atom. The van der Waals surface area contributed by atoms with Gasteiger partial charge in [-0.05, 0) is 68.3 Å². The highest BCUT2D eigenvalue weighted by Gasteiger charge is 2.40. The van der Waals surface area contributed by atoms with Crippen LogP contribution in [-0.2, 0) is 9.59 Å². The monoisotopic (exact) mass is 482 g/mol. The van der Waals surface area contributed by atoms with Gasteiger partial charge in [0.2, 0.25) is 0 Å². The molecular weight excluding hydrogens is 463 g/mol. The van der Waals surface area contributed by atoms with E-state index in [4.69, 9.17) is 23.2 Å². The molecule has 0 atom stereocenters. The van der Waals surface area contributed by atoms with E-state index < -0.39 is 5.91 Å². The molecule has 0 spiro atoms. The van der Waals surface area contributed by atoms with Gasteiger partial charge in [0.05, 0.1) is 15.7 Å². The summed E-state index contributed by atoms with van der Waals surface area (Å²) < 4.78 is 0. The average Bonchev–Trinajstić information content (AvgIpc) is 2.98. The molecule has 1 aliphatic heterocycles. The number of benzene rings is 3. The van der Waals surface area contributed by atoms with Crippen molar-refractivity contribution < 1.29 is 9.59 Å². The number of amides is 2. The van der Waals surface area contributed by atoms with Crippen LogP contribution in [0.2, 0.25) is 10.0 Å². The first-order chi connectivity index (χ1) is 15.2. The Kier molecular flexibility index (Phi) is 6.33. The van der Waals surface area contributed by atoms with Crippen molar-refractivity contribution in [3.63, 3.8) is 0 Å². The zero-order valence-corrected chi connectivity index (χ0v) is 20.0. The summed E-state index contributed by atoms with van der Waals surface area (Å²) in [6.07, 6.45) is 0. The molecule has 162 valence electrons. The second-order valence-corrected chi connectivity index (χ2v) is 9.51. The highest BCUT2D eigenvalue weighted by molar-refractivity contribution is 8.04. The van der Waals surface area contributed by atoms with Gasteiger partial charge in [-0.15, -0.1) is 0 Å². The number of nitrogens with zero attached hydrogens (tertiary/aromatic N) is 1. The van der Waals surface area contributed by atoms with Gasteiger partial charge in [-0.25, -0.2) is 4.90 Å². The summed E-state index contributed by atoms with van der Waals surface area (Å²) in [6.45, 7) is 5.81. The van der Waals surface area contributed by atoms with Crippen LogP contribution in [0.1, 0.15) is 16.7 Å². The fourth-order valence-electron chi connectivity index (χ4n) is 3.34. The summed E-state index contributed by atoms with van der Waals surface area (Å²) in [5.74, 6) is -0.777. The van der Waals surface area contributed by atoms with E-state index in [0.29, 0.717) is 26.3 Å². The Hall–Kier alpha value is -2.73. The van der Waals surface area contributed by atoms with Crippen LogP contribution in [0.3, 0.4) is 0 Å². The molecule has 7 heteroatoms. The van der Waals surface area contributed by atoms with Crippen molar-refractivity contribution in [1.29, 1.82) is 0 Å². The van der Waals surface area contributed by atoms with Crippen molar-refractivity contribution in [3.05, 3.63) is 98.0 Å². The van der Waals surface area contributed by atoms with Crippen LogP contribution in [0.25, 0.3) is 0 Å². The highest BCUT2D eigenvalue weighted by atomic mass is 35.5. The molecule has 3 aromatic carbocycles. The second kappa shape index (κ2) is 9.02. The van der Waals surface area contributed by atoms with E-state index >= 15 is 0 Å². The van der Waals surface area contributed by atoms with E-state index in [9.17, 15) is 9.59 Å². The average molecular weight is 483 g/mol. The minimum absolute atomic E-state index is 0.208. The molecule has 0 saturated carbocycles. The second-order valence-electron chi connectivity index (χ2n) is 7.61. The van der Waals surface area contributed by atoms with E-state index in [2.05, 4.69) is 5.32 Å². The molecule has 0 bridgehead atoms. The highest BCUT2D eigenvalue weighted by Crippen LogP contribution is 2.39. The van der Waals surface area contributed by atoms with Crippen molar-refractivity contribution in [2.75, 3.05) is 10.2 Å². The molecular formula is C25H20Cl2N2O2S. The number of carbonyl (C=O) groups is 2. The Bertz CT molecular complexity index is 1270. The quantitative estimate of drug-likeness (QED) is 0.401. The van der Waals surface area contributed by atoms with Crippen LogP contribution >= 0.6 is 35.0 Å². The molecule has 0 unspecified atom stereocenters. The van der Waals surface area contributed by atoms with Crippen molar-refractivity contribution >= 4 is 58.2 Å². The number of imide groups is 1. The van der Waals surface area contributed by atoms with Crippen LogP contribution < -0.4 is 10.2 Å². The minimum Gasteiger partial charge on any atom is -0.350 e. The zero-order chi connectivity index (χ0) is 23.0. The summed E-state index contributed by atoms with van der Waals surface area (Å²) in [5.41, 5.74) is 4.27. The van der Waals surface area contributed by atoms with Gasteiger partial charge in [0.1, 0.15) is 10.6 Å². The smallest absolute Gasteiger partial charge is 0.283 e. The molecule has 1 N–H and O–H groups in total. The van der Waals surface area contributed by atoms with Gasteiger partial charge < -0.3 is 5.32 Å². The third kappa shape index (κ3) is 4.42. The molecule has 0 aromatic heterocycles. The number of hydrogen-bond acceptors (Lipinski definition) is 4. The maximum atomic E-state index is 13.5.